The van der Waals surface area contributed by atoms with Crippen LogP contribution in [0.3, 0.4) is 0 Å². The number of nitrogens with zero attached hydrogens (tertiary/aromatic N) is 4. The Morgan fingerprint density at radius 3 is 2.65 bits per heavy atom. The molecule has 2 N–H and O–H groups in total. The lowest BCUT2D eigenvalue weighted by Gasteiger charge is -2.08. The summed E-state index contributed by atoms with van der Waals surface area (Å²) < 4.78 is 0. The highest BCUT2D eigenvalue weighted by atomic mass is 32.2. The molecule has 0 spiro atoms. The zero-order chi connectivity index (χ0) is 14.1. The molecule has 0 saturated heterocycles. The van der Waals surface area contributed by atoms with E-state index < -0.39 is 0 Å². The number of benzene rings is 1. The van der Waals surface area contributed by atoms with E-state index in [4.69, 9.17) is 5.73 Å². The van der Waals surface area contributed by atoms with Gasteiger partial charge >= 0.3 is 0 Å². The van der Waals surface area contributed by atoms with Crippen molar-refractivity contribution in [2.75, 3.05) is 5.73 Å². The summed E-state index contributed by atoms with van der Waals surface area (Å²) in [6, 6.07) is 7.90. The molecule has 3 rings (SSSR count). The number of aromatic nitrogens is 4. The third-order valence-corrected chi connectivity index (χ3v) is 4.06. The molecular formula is C14H13N5S. The number of fused-ring (bicyclic) bond motifs is 1. The van der Waals surface area contributed by atoms with Gasteiger partial charge in [-0.2, -0.15) is 0 Å². The number of nitrogens with two attached hydrogens (primary N) is 1. The van der Waals surface area contributed by atoms with Gasteiger partial charge in [-0.05, 0) is 31.7 Å². The second-order valence-electron chi connectivity index (χ2n) is 4.38. The summed E-state index contributed by atoms with van der Waals surface area (Å²) in [6.07, 6.45) is 1.57. The van der Waals surface area contributed by atoms with Crippen molar-refractivity contribution in [3.8, 4) is 0 Å². The van der Waals surface area contributed by atoms with Crippen LogP contribution in [-0.2, 0) is 0 Å². The maximum atomic E-state index is 5.89. The Bertz CT molecular complexity index is 782. The van der Waals surface area contributed by atoms with E-state index in [0.29, 0.717) is 11.6 Å². The van der Waals surface area contributed by atoms with E-state index in [1.807, 2.05) is 38.1 Å². The Balaban J connectivity index is 2.10. The lowest BCUT2D eigenvalue weighted by atomic mass is 10.2. The Morgan fingerprint density at radius 2 is 1.80 bits per heavy atom. The summed E-state index contributed by atoms with van der Waals surface area (Å²) in [4.78, 5) is 17.2. The van der Waals surface area contributed by atoms with Crippen LogP contribution in [0, 0.1) is 13.8 Å². The maximum absolute atomic E-state index is 5.89. The first-order valence-corrected chi connectivity index (χ1v) is 6.95. The van der Waals surface area contributed by atoms with Gasteiger partial charge in [0.25, 0.3) is 0 Å². The van der Waals surface area contributed by atoms with Crippen molar-refractivity contribution < 1.29 is 0 Å². The van der Waals surface area contributed by atoms with Crippen LogP contribution in [0.4, 0.5) is 5.82 Å². The molecule has 0 aliphatic heterocycles. The Labute approximate surface area is 120 Å². The molecule has 0 saturated carbocycles. The van der Waals surface area contributed by atoms with Crippen LogP contribution in [0.1, 0.15) is 11.4 Å². The molecule has 6 heteroatoms. The van der Waals surface area contributed by atoms with Gasteiger partial charge in [-0.1, -0.05) is 18.2 Å². The zero-order valence-electron chi connectivity index (χ0n) is 11.2. The first-order valence-electron chi connectivity index (χ1n) is 6.13. The highest BCUT2D eigenvalue weighted by molar-refractivity contribution is 7.99. The fourth-order valence-corrected chi connectivity index (χ4v) is 2.88. The summed E-state index contributed by atoms with van der Waals surface area (Å²) in [6.45, 7) is 3.75. The van der Waals surface area contributed by atoms with Crippen molar-refractivity contribution in [1.82, 2.24) is 19.9 Å². The predicted octanol–water partition coefficient (Wildman–Crippen LogP) is 2.77. The topological polar surface area (TPSA) is 77.6 Å². The molecule has 2 aromatic heterocycles. The molecule has 0 fully saturated rings. The van der Waals surface area contributed by atoms with Crippen molar-refractivity contribution in [3.05, 3.63) is 42.0 Å². The van der Waals surface area contributed by atoms with E-state index >= 15 is 0 Å². The maximum Gasteiger partial charge on any atom is 0.131 e. The lowest BCUT2D eigenvalue weighted by Crippen LogP contribution is -2.01. The number of para-hydroxylation sites is 1. The van der Waals surface area contributed by atoms with Gasteiger partial charge < -0.3 is 5.73 Å². The molecule has 100 valence electrons. The summed E-state index contributed by atoms with van der Waals surface area (Å²) in [5.74, 6) is 1.17. The van der Waals surface area contributed by atoms with Crippen molar-refractivity contribution in [3.63, 3.8) is 0 Å². The third kappa shape index (κ3) is 2.30. The summed E-state index contributed by atoms with van der Waals surface area (Å²) in [7, 11) is 0. The van der Waals surface area contributed by atoms with Gasteiger partial charge in [0, 0.05) is 10.9 Å². The highest BCUT2D eigenvalue weighted by Crippen LogP contribution is 2.32. The lowest BCUT2D eigenvalue weighted by molar-refractivity contribution is 0.943. The molecule has 0 atom stereocenters. The number of rotatable bonds is 2. The normalized spacial score (nSPS) is 10.9. The number of hydrogen-bond donors (Lipinski definition) is 1. The standard InChI is InChI=1S/C14H13N5S/c1-8-12(15)18-9(2)19-13(8)20-14-10-5-3-4-6-11(10)16-7-17-14/h3-7H,1-2H3,(H2,15,18,19). The first kappa shape index (κ1) is 12.8. The predicted molar refractivity (Wildman–Crippen MR) is 79.6 cm³/mol. The minimum atomic E-state index is 0.512. The zero-order valence-corrected chi connectivity index (χ0v) is 12.0. The van der Waals surface area contributed by atoms with Crippen molar-refractivity contribution in [1.29, 1.82) is 0 Å². The Kier molecular flexibility index (Phi) is 3.23. The SMILES string of the molecule is Cc1nc(N)c(C)c(Sc2ncnc3ccccc23)n1. The molecule has 0 radical (unpaired) electrons. The number of hydrogen-bond acceptors (Lipinski definition) is 6. The van der Waals surface area contributed by atoms with Gasteiger partial charge in [0.2, 0.25) is 0 Å². The van der Waals surface area contributed by atoms with Gasteiger partial charge in [0.05, 0.1) is 5.52 Å². The molecule has 5 nitrogen and oxygen atoms in total. The van der Waals surface area contributed by atoms with Crippen LogP contribution in [0.25, 0.3) is 10.9 Å². The Hall–Kier alpha value is -2.21. The van der Waals surface area contributed by atoms with Crippen molar-refractivity contribution >= 4 is 28.5 Å². The molecule has 20 heavy (non-hydrogen) atoms. The van der Waals surface area contributed by atoms with Crippen LogP contribution >= 0.6 is 11.8 Å². The molecule has 3 aromatic rings. The Morgan fingerprint density at radius 1 is 1.00 bits per heavy atom. The largest absolute Gasteiger partial charge is 0.383 e. The van der Waals surface area contributed by atoms with E-state index in [9.17, 15) is 0 Å². The van der Waals surface area contributed by atoms with E-state index in [0.717, 1.165) is 26.5 Å². The van der Waals surface area contributed by atoms with Gasteiger partial charge in [0.15, 0.2) is 0 Å². The fraction of sp³-hybridized carbons (Fsp3) is 0.143. The van der Waals surface area contributed by atoms with Crippen LogP contribution in [0.5, 0.6) is 0 Å². The van der Waals surface area contributed by atoms with Crippen molar-refractivity contribution in [2.45, 2.75) is 23.9 Å². The molecule has 0 unspecified atom stereocenters. The van der Waals surface area contributed by atoms with Gasteiger partial charge in [-0.3, -0.25) is 0 Å². The van der Waals surface area contributed by atoms with Crippen LogP contribution < -0.4 is 5.73 Å². The van der Waals surface area contributed by atoms with Crippen LogP contribution in [0.2, 0.25) is 0 Å². The van der Waals surface area contributed by atoms with Crippen LogP contribution in [0.15, 0.2) is 40.6 Å². The summed E-state index contributed by atoms with van der Waals surface area (Å²) in [5.41, 5.74) is 7.69. The summed E-state index contributed by atoms with van der Waals surface area (Å²) >= 11 is 1.49. The van der Waals surface area contributed by atoms with Crippen LogP contribution in [-0.4, -0.2) is 19.9 Å². The molecular weight excluding hydrogens is 270 g/mol. The second-order valence-corrected chi connectivity index (χ2v) is 5.36. The average molecular weight is 283 g/mol. The van der Waals surface area contributed by atoms with E-state index in [1.54, 1.807) is 6.33 Å². The first-order chi connectivity index (χ1) is 9.65. The average Bonchev–Trinajstić information content (AvgIpc) is 2.44. The number of nitrogen functional groups attached to an aromatic ring is 1. The monoisotopic (exact) mass is 283 g/mol. The van der Waals surface area contributed by atoms with Gasteiger partial charge in [-0.15, -0.1) is 0 Å². The molecule has 1 aromatic carbocycles. The minimum absolute atomic E-state index is 0.512. The van der Waals surface area contributed by atoms with Gasteiger partial charge in [-0.25, -0.2) is 19.9 Å². The van der Waals surface area contributed by atoms with E-state index in [2.05, 4.69) is 19.9 Å². The smallest absolute Gasteiger partial charge is 0.131 e. The molecule has 0 amide bonds. The van der Waals surface area contributed by atoms with Gasteiger partial charge in [0.1, 0.15) is 28.0 Å². The second kappa shape index (κ2) is 5.05. The number of anilines is 1. The van der Waals surface area contributed by atoms with E-state index in [1.165, 1.54) is 11.8 Å². The quantitative estimate of drug-likeness (QED) is 0.729. The van der Waals surface area contributed by atoms with Crippen molar-refractivity contribution in [2.24, 2.45) is 0 Å². The summed E-state index contributed by atoms with van der Waals surface area (Å²) in [5, 5.41) is 2.71. The number of aryl methyl sites for hydroxylation is 1. The fourth-order valence-electron chi connectivity index (χ4n) is 1.88. The minimum Gasteiger partial charge on any atom is -0.383 e. The molecule has 0 bridgehead atoms. The molecule has 2 heterocycles. The highest BCUT2D eigenvalue weighted by Gasteiger charge is 2.11. The molecule has 0 aliphatic rings. The molecule has 0 aliphatic carbocycles. The van der Waals surface area contributed by atoms with E-state index in [-0.39, 0.29) is 0 Å². The third-order valence-electron chi connectivity index (χ3n) is 2.95.